The Morgan fingerprint density at radius 3 is 1.31 bits per heavy atom. The number of aryl methyl sites for hydroxylation is 4. The van der Waals surface area contributed by atoms with Gasteiger partial charge in [-0.05, 0) is 171 Å². The van der Waals surface area contributed by atoms with E-state index < -0.39 is 29.5 Å². The number of aromatic nitrogens is 8. The number of carbonyl (C=O) groups excluding carboxylic acids is 2. The Kier molecular flexibility index (Phi) is 18.8. The molecule has 0 bridgehead atoms. The number of hydrogen-bond acceptors (Lipinski definition) is 17. The number of rotatable bonds is 23. The van der Waals surface area contributed by atoms with Crippen molar-refractivity contribution in [2.75, 3.05) is 63.3 Å². The van der Waals surface area contributed by atoms with Gasteiger partial charge in [0.2, 0.25) is 31.9 Å². The number of Topliss-reactive ketones (excluding diaryl/α,β-unsaturated/α-hetero) is 2. The Balaban J connectivity index is 0.000000191. The fourth-order valence-corrected chi connectivity index (χ4v) is 17.5. The van der Waals surface area contributed by atoms with Crippen LogP contribution in [0, 0.1) is 27.7 Å². The van der Waals surface area contributed by atoms with E-state index >= 15 is 0 Å². The molecule has 2 aromatic carbocycles. The molecular weight excluding hydrogens is 1220 g/mol. The summed E-state index contributed by atoms with van der Waals surface area (Å²) in [4.78, 5) is 84.6. The number of pyridine rings is 2. The van der Waals surface area contributed by atoms with Gasteiger partial charge in [0.25, 0.3) is 11.1 Å². The van der Waals surface area contributed by atoms with Gasteiger partial charge in [0.15, 0.2) is 11.6 Å². The Morgan fingerprint density at radius 1 is 0.570 bits per heavy atom. The van der Waals surface area contributed by atoms with Crippen molar-refractivity contribution in [3.63, 3.8) is 0 Å². The Hall–Kier alpha value is -8.54. The summed E-state index contributed by atoms with van der Waals surface area (Å²) in [5.41, 5.74) is 7.15. The van der Waals surface area contributed by atoms with Crippen LogP contribution in [0.1, 0.15) is 139 Å². The van der Waals surface area contributed by atoms with E-state index in [2.05, 4.69) is 71.6 Å². The zero-order chi connectivity index (χ0) is 66.3. The number of benzene rings is 2. The molecule has 0 atom stereocenters. The molecule has 12 rings (SSSR count). The lowest BCUT2D eigenvalue weighted by Crippen LogP contribution is -2.49. The number of aromatic amines is 2. The number of piperidine rings is 1. The molecule has 2 saturated carbocycles. The molecule has 0 unspecified atom stereocenters. The number of ketones is 2. The van der Waals surface area contributed by atoms with Crippen LogP contribution in [-0.2, 0) is 32.9 Å². The van der Waals surface area contributed by atoms with E-state index in [-0.39, 0.29) is 48.4 Å². The molecule has 8 aromatic rings. The lowest BCUT2D eigenvalue weighted by Gasteiger charge is -2.36. The number of nitrogens with zero attached hydrogens (tertiary/aromatic N) is 9. The predicted octanol–water partition coefficient (Wildman–Crippen LogP) is 10.5. The summed E-state index contributed by atoms with van der Waals surface area (Å²) < 4.78 is 68.2. The second kappa shape index (κ2) is 26.5. The summed E-state index contributed by atoms with van der Waals surface area (Å²) >= 11 is 0. The number of hydrogen-bond donors (Lipinski definition) is 2. The van der Waals surface area contributed by atoms with Crippen molar-refractivity contribution in [1.29, 1.82) is 0 Å². The van der Waals surface area contributed by atoms with Crippen molar-refractivity contribution in [2.45, 2.75) is 141 Å². The summed E-state index contributed by atoms with van der Waals surface area (Å²) in [5.74, 6) is 1.74. The van der Waals surface area contributed by atoms with Gasteiger partial charge in [-0.2, -0.15) is 0 Å². The molecular formula is C70H83N11O10S2. The van der Waals surface area contributed by atoms with E-state index in [1.54, 1.807) is 87.4 Å². The number of fused-ring (bicyclic) bond motifs is 2. The summed E-state index contributed by atoms with van der Waals surface area (Å²) in [6.45, 7) is 24.5. The largest absolute Gasteiger partial charge is 0.496 e. The molecule has 21 nitrogen and oxygen atoms in total. The topological polar surface area (TPSA) is 258 Å². The van der Waals surface area contributed by atoms with Crippen LogP contribution in [0.5, 0.6) is 11.5 Å². The number of anilines is 2. The number of methoxy groups -OCH3 is 2. The smallest absolute Gasteiger partial charge is 0.255 e. The Morgan fingerprint density at radius 2 is 0.957 bits per heavy atom. The minimum absolute atomic E-state index is 0.0244. The molecule has 0 radical (unpaired) electrons. The minimum atomic E-state index is -3.81. The maximum Gasteiger partial charge on any atom is 0.255 e. The molecule has 490 valence electrons. The maximum atomic E-state index is 14.1. The SMILES string of the molecule is C=CCC1(S(=O)(=O)n2cc(C)c3c(C(=O)CCc4c(OC)cc(C)[nH]c4=O)cc(-c4cnc(N5CCCCC5)nc4)cc32)CC1.C=CCC1(S(=O)(=O)n2cc(C)c3c(C(=O)CCc4c(OC)cc(C)[nH]c4=O)cc(-c4cnc(N5CCN(C(C)C)CC5)nc4)cc32)CC1. The molecule has 23 heteroatoms. The number of piperazine rings is 1. The molecule has 2 aliphatic carbocycles. The third-order valence-corrected chi connectivity index (χ3v) is 24.0. The Bertz CT molecular complexity index is 4560. The summed E-state index contributed by atoms with van der Waals surface area (Å²) in [5, 5.41) is 1.16. The molecule has 93 heavy (non-hydrogen) atoms. The number of ether oxygens (including phenoxy) is 2. The van der Waals surface area contributed by atoms with E-state index in [1.165, 1.54) is 28.6 Å². The fourth-order valence-electron chi connectivity index (χ4n) is 13.3. The normalized spacial score (nSPS) is 16.3. The van der Waals surface area contributed by atoms with Gasteiger partial charge in [0, 0.05) is 140 Å². The van der Waals surface area contributed by atoms with Crippen LogP contribution in [0.15, 0.2) is 108 Å². The highest BCUT2D eigenvalue weighted by atomic mass is 32.2. The highest BCUT2D eigenvalue weighted by Crippen LogP contribution is 2.50. The zero-order valence-corrected chi connectivity index (χ0v) is 56.1. The molecule has 0 amide bonds. The number of carbonyl (C=O) groups is 2. The molecule has 0 spiro atoms. The van der Waals surface area contributed by atoms with E-state index in [0.29, 0.717) is 157 Å². The second-order valence-electron chi connectivity index (χ2n) is 25.6. The van der Waals surface area contributed by atoms with Gasteiger partial charge in [-0.3, -0.25) is 24.1 Å². The number of nitrogens with one attached hydrogen (secondary N) is 2. The van der Waals surface area contributed by atoms with Crippen LogP contribution >= 0.6 is 0 Å². The molecule has 2 saturated heterocycles. The molecule has 2 N–H and O–H groups in total. The van der Waals surface area contributed by atoms with Gasteiger partial charge in [-0.1, -0.05) is 12.2 Å². The standard InChI is InChI=1S/C36H44N6O5S.C34H39N5O5S/c1-7-10-36(11-12-36)48(45,46)42-22-24(4)33-29(31(43)9-8-28-32(47-6)17-25(5)39-34(28)44)18-26(19-30(33)42)27-20-37-35(38-21-27)41-15-13-40(14-16-41)23(2)3;1-5-11-34(12-13-34)45(42,43)39-21-22(2)31-27(29(40)10-9-26-30(44-4)16-23(3)37-32(26)41)17-24(18-28(31)39)25-19-35-33(36-20-25)38-14-7-6-8-15-38/h7,17-23H,1,8-16H2,2-6H3,(H,39,44);5,16-21H,1,6-15H2,2-4H3,(H,37,41). The lowest BCUT2D eigenvalue weighted by molar-refractivity contribution is 0.0976. The van der Waals surface area contributed by atoms with E-state index in [0.717, 1.165) is 52.1 Å². The van der Waals surface area contributed by atoms with Gasteiger partial charge < -0.3 is 29.2 Å². The van der Waals surface area contributed by atoms with Gasteiger partial charge >= 0.3 is 0 Å². The van der Waals surface area contributed by atoms with Crippen molar-refractivity contribution in [2.24, 2.45) is 0 Å². The van der Waals surface area contributed by atoms with Crippen molar-refractivity contribution >= 4 is 65.3 Å². The average Bonchev–Trinajstić information content (AvgIpc) is 1.57. The summed E-state index contributed by atoms with van der Waals surface area (Å²) in [6.07, 6.45) is 20.2. The van der Waals surface area contributed by atoms with E-state index in [4.69, 9.17) is 9.47 Å². The summed E-state index contributed by atoms with van der Waals surface area (Å²) in [6, 6.07) is 11.2. The zero-order valence-electron chi connectivity index (χ0n) is 54.4. The first-order valence-corrected chi connectivity index (χ1v) is 34.9. The third kappa shape index (κ3) is 12.9. The summed E-state index contributed by atoms with van der Waals surface area (Å²) in [7, 11) is -4.62. The van der Waals surface area contributed by atoms with E-state index in [1.807, 2.05) is 26.0 Å². The first-order chi connectivity index (χ1) is 44.5. The first kappa shape index (κ1) is 65.9. The van der Waals surface area contributed by atoms with Crippen LogP contribution < -0.4 is 30.4 Å². The minimum Gasteiger partial charge on any atom is -0.496 e. The monoisotopic (exact) mass is 1300 g/mol. The van der Waals surface area contributed by atoms with Crippen LogP contribution in [0.3, 0.4) is 0 Å². The van der Waals surface area contributed by atoms with Crippen LogP contribution in [0.4, 0.5) is 11.9 Å². The highest BCUT2D eigenvalue weighted by molar-refractivity contribution is 7.92. The van der Waals surface area contributed by atoms with Gasteiger partial charge in [0.05, 0.1) is 45.9 Å². The van der Waals surface area contributed by atoms with Crippen molar-refractivity contribution in [1.82, 2.24) is 42.7 Å². The van der Waals surface area contributed by atoms with E-state index in [9.17, 15) is 36.0 Å². The average molecular weight is 1300 g/mol. The highest BCUT2D eigenvalue weighted by Gasteiger charge is 2.56. The quantitative estimate of drug-likeness (QED) is 0.0446. The van der Waals surface area contributed by atoms with Crippen molar-refractivity contribution < 1.29 is 35.9 Å². The second-order valence-corrected chi connectivity index (χ2v) is 30.0. The molecule has 4 fully saturated rings. The van der Waals surface area contributed by atoms with Crippen LogP contribution in [0.2, 0.25) is 0 Å². The maximum absolute atomic E-state index is 14.1. The molecule has 4 aliphatic rings. The third-order valence-electron chi connectivity index (χ3n) is 19.0. The lowest BCUT2D eigenvalue weighted by atomic mass is 9.95. The molecule has 6 aromatic heterocycles. The van der Waals surface area contributed by atoms with Crippen molar-refractivity contribution in [3.8, 4) is 33.8 Å². The molecule has 2 aliphatic heterocycles. The Labute approximate surface area is 543 Å². The number of H-pyrrole nitrogens is 2. The fraction of sp³-hybridized carbons (Fsp3) is 0.429. The van der Waals surface area contributed by atoms with Crippen LogP contribution in [0.25, 0.3) is 44.1 Å². The van der Waals surface area contributed by atoms with Crippen molar-refractivity contribution in [3.05, 3.63) is 164 Å². The van der Waals surface area contributed by atoms with Gasteiger partial charge in [-0.15, -0.1) is 13.2 Å². The van der Waals surface area contributed by atoms with Gasteiger partial charge in [0.1, 0.15) is 11.5 Å². The molecule has 8 heterocycles. The number of allylic oxidation sites excluding steroid dienone is 2. The first-order valence-electron chi connectivity index (χ1n) is 32.0. The van der Waals surface area contributed by atoms with Gasteiger partial charge in [-0.25, -0.2) is 44.7 Å². The predicted molar refractivity (Wildman–Crippen MR) is 365 cm³/mol. The van der Waals surface area contributed by atoms with Crippen LogP contribution in [-0.4, -0.2) is 140 Å².